The summed E-state index contributed by atoms with van der Waals surface area (Å²) >= 11 is 1.52. The minimum absolute atomic E-state index is 0.00179. The van der Waals surface area contributed by atoms with Crippen molar-refractivity contribution in [1.29, 1.82) is 0 Å². The molecule has 0 spiro atoms. The maximum atomic E-state index is 15.1. The zero-order chi connectivity index (χ0) is 44.3. The van der Waals surface area contributed by atoms with Crippen LogP contribution in [0, 0.1) is 22.7 Å². The lowest BCUT2D eigenvalue weighted by atomic mass is 9.77. The molecule has 0 unspecified atom stereocenters. The van der Waals surface area contributed by atoms with Gasteiger partial charge in [-0.15, -0.1) is 17.9 Å². The zero-order valence-corrected chi connectivity index (χ0v) is 38.0. The van der Waals surface area contributed by atoms with Crippen LogP contribution in [0.1, 0.15) is 97.2 Å². The summed E-state index contributed by atoms with van der Waals surface area (Å²) in [5.74, 6) is -0.731. The number of furan rings is 1. The van der Waals surface area contributed by atoms with E-state index in [1.807, 2.05) is 88.5 Å². The number of para-hydroxylation sites is 1. The molecule has 2 aliphatic carbocycles. The molecule has 2 saturated carbocycles. The fourth-order valence-electron chi connectivity index (χ4n) is 8.45. The van der Waals surface area contributed by atoms with Gasteiger partial charge in [0, 0.05) is 41.5 Å². The van der Waals surface area contributed by atoms with Crippen molar-refractivity contribution in [3.8, 4) is 23.0 Å². The molecule has 1 N–H and O–H groups in total. The van der Waals surface area contributed by atoms with Crippen LogP contribution in [-0.4, -0.2) is 75.9 Å². The van der Waals surface area contributed by atoms with E-state index in [9.17, 15) is 18.0 Å². The number of thiazole rings is 1. The molecule has 2 amide bonds. The number of hydrogen-bond acceptors (Lipinski definition) is 12. The highest BCUT2D eigenvalue weighted by atomic mass is 32.2. The largest absolute Gasteiger partial charge is 0.491 e. The number of carbonyl (C=O) groups excluding carboxylic acids is 3. The number of hydrogen-bond donors (Lipinski definition) is 1. The third-order valence-electron chi connectivity index (χ3n) is 12.3. The van der Waals surface area contributed by atoms with Crippen LogP contribution < -0.4 is 14.2 Å². The number of Topliss-reactive ketones (excluding diaryl/α,β-unsaturated/α-hetero) is 1. The van der Waals surface area contributed by atoms with Gasteiger partial charge in [0.05, 0.1) is 40.1 Å². The van der Waals surface area contributed by atoms with Crippen LogP contribution in [-0.2, 0) is 30.8 Å². The van der Waals surface area contributed by atoms with Crippen molar-refractivity contribution >= 4 is 61.0 Å². The van der Waals surface area contributed by atoms with Crippen molar-refractivity contribution in [2.75, 3.05) is 6.54 Å². The van der Waals surface area contributed by atoms with E-state index < -0.39 is 56.0 Å². The first-order valence-corrected chi connectivity index (χ1v) is 23.9. The molecule has 5 aromatic rings. The predicted octanol–water partition coefficient (Wildman–Crippen LogP) is 8.42. The van der Waals surface area contributed by atoms with Gasteiger partial charge in [0.1, 0.15) is 23.0 Å². The molecule has 1 aliphatic heterocycles. The van der Waals surface area contributed by atoms with Gasteiger partial charge in [-0.2, -0.15) is 4.98 Å². The second-order valence-electron chi connectivity index (χ2n) is 18.8. The second-order valence-corrected chi connectivity index (χ2v) is 21.7. The van der Waals surface area contributed by atoms with Gasteiger partial charge in [-0.05, 0) is 86.8 Å². The summed E-state index contributed by atoms with van der Waals surface area (Å²) in [7, 11) is -3.87. The highest BCUT2D eigenvalue weighted by molar-refractivity contribution is 7.90. The quantitative estimate of drug-likeness (QED) is 0.0944. The first-order chi connectivity index (χ1) is 29.4. The summed E-state index contributed by atoms with van der Waals surface area (Å²) in [4.78, 5) is 59.9. The van der Waals surface area contributed by atoms with Crippen LogP contribution in [0.5, 0.6) is 11.6 Å². The van der Waals surface area contributed by atoms with Crippen molar-refractivity contribution in [2.45, 2.75) is 116 Å². The number of likely N-dealkylation sites (tertiary alicyclic amines) is 1. The van der Waals surface area contributed by atoms with Crippen molar-refractivity contribution < 1.29 is 36.7 Å². The third-order valence-corrected chi connectivity index (χ3v) is 15.0. The summed E-state index contributed by atoms with van der Waals surface area (Å²) in [6.07, 6.45) is 2.37. The molecule has 8 rings (SSSR count). The van der Waals surface area contributed by atoms with E-state index in [2.05, 4.69) is 25.1 Å². The van der Waals surface area contributed by atoms with E-state index in [0.29, 0.717) is 47.5 Å². The molecule has 5 atom stereocenters. The average molecular weight is 882 g/mol. The molecule has 13 nitrogen and oxygen atoms in total. The molecule has 1 saturated heterocycles. The predicted molar refractivity (Wildman–Crippen MR) is 238 cm³/mol. The summed E-state index contributed by atoms with van der Waals surface area (Å²) in [6, 6.07) is 14.0. The van der Waals surface area contributed by atoms with Crippen molar-refractivity contribution in [3.63, 3.8) is 0 Å². The fraction of sp³-hybridized carbons (Fsp3) is 0.489. The van der Waals surface area contributed by atoms with E-state index in [1.165, 1.54) is 11.3 Å². The van der Waals surface area contributed by atoms with Gasteiger partial charge >= 0.3 is 0 Å². The minimum Gasteiger partial charge on any atom is -0.491 e. The Morgan fingerprint density at radius 3 is 2.40 bits per heavy atom. The number of ether oxygens (including phenoxy) is 2. The maximum absolute atomic E-state index is 15.1. The van der Waals surface area contributed by atoms with Crippen LogP contribution in [0.2, 0.25) is 0 Å². The molecule has 4 heterocycles. The third kappa shape index (κ3) is 8.75. The number of nitrogens with zero attached hydrogens (tertiary/aromatic N) is 4. The van der Waals surface area contributed by atoms with Gasteiger partial charge < -0.3 is 18.8 Å². The molecule has 15 heteroatoms. The number of benzene rings is 2. The lowest BCUT2D eigenvalue weighted by Gasteiger charge is -2.35. The van der Waals surface area contributed by atoms with Crippen LogP contribution in [0.3, 0.4) is 0 Å². The van der Waals surface area contributed by atoms with E-state index in [-0.39, 0.29) is 55.4 Å². The Morgan fingerprint density at radius 1 is 1.05 bits per heavy atom. The molecule has 3 fully saturated rings. The molecule has 3 aliphatic rings. The average Bonchev–Trinajstić information content (AvgIpc) is 4.05. The lowest BCUT2D eigenvalue weighted by Crippen LogP contribution is -2.48. The second kappa shape index (κ2) is 16.5. The number of rotatable bonds is 16. The summed E-state index contributed by atoms with van der Waals surface area (Å²) in [6.45, 7) is 18.0. The number of sulfonamides is 1. The fourth-order valence-corrected chi connectivity index (χ4v) is 10.8. The standard InChI is InChI=1S/C47H55N5O8S2/c1-9-29-22-47(29,45(55)51-62(56,57)32-18-19-32)23-37(53)36-20-31(24-52(36)44(54)34(46(6,7)8)21-39-48-35(25-61-39)26(2)3)59-43-41-40(33-12-10-11-13-38(33)60-41)49-42(50-43)28-14-16-30(17-15-28)58-27(4)5/h9-17,25-27,29,31-32,34,36H,1,18-24H2,2-8H3,(H,51,55)/t29-,31-,34-,36+,47-/m1/s1. The number of fused-ring (bicyclic) bond motifs is 3. The van der Waals surface area contributed by atoms with Crippen LogP contribution in [0.25, 0.3) is 33.5 Å². The zero-order valence-electron chi connectivity index (χ0n) is 36.3. The highest BCUT2D eigenvalue weighted by Gasteiger charge is 2.61. The molecule has 62 heavy (non-hydrogen) atoms. The molecular weight excluding hydrogens is 827 g/mol. The summed E-state index contributed by atoms with van der Waals surface area (Å²) < 4.78 is 47.1. The number of carbonyl (C=O) groups is 3. The number of allylic oxidation sites excluding steroid dienone is 1. The molecular formula is C47H55N5O8S2. The monoisotopic (exact) mass is 881 g/mol. The van der Waals surface area contributed by atoms with Crippen molar-refractivity contribution in [2.24, 2.45) is 22.7 Å². The number of amides is 2. The first-order valence-electron chi connectivity index (χ1n) is 21.5. The Labute approximate surface area is 366 Å². The summed E-state index contributed by atoms with van der Waals surface area (Å²) in [5.41, 5.74) is 1.36. The smallest absolute Gasteiger partial charge is 0.262 e. The Morgan fingerprint density at radius 2 is 1.77 bits per heavy atom. The first kappa shape index (κ1) is 43.5. The molecule has 0 bridgehead atoms. The molecule has 328 valence electrons. The number of nitrogens with one attached hydrogen (secondary N) is 1. The van der Waals surface area contributed by atoms with Crippen molar-refractivity contribution in [3.05, 3.63) is 77.3 Å². The van der Waals surface area contributed by atoms with Gasteiger partial charge in [-0.25, -0.2) is 18.4 Å². The summed E-state index contributed by atoms with van der Waals surface area (Å²) in [5, 5.41) is 3.03. The van der Waals surface area contributed by atoms with E-state index >= 15 is 4.79 Å². The Bertz CT molecular complexity index is 2640. The number of ketones is 1. The topological polar surface area (TPSA) is 171 Å². The highest BCUT2D eigenvalue weighted by Crippen LogP contribution is 2.57. The molecule has 2 aromatic carbocycles. The Hall–Kier alpha value is -5.15. The lowest BCUT2D eigenvalue weighted by molar-refractivity contribution is -0.144. The van der Waals surface area contributed by atoms with Crippen LogP contribution >= 0.6 is 11.3 Å². The molecule has 0 radical (unpaired) electrons. The van der Waals surface area contributed by atoms with Crippen LogP contribution in [0.15, 0.2) is 71.0 Å². The SMILES string of the molecule is C=C[C@@H]1C[C@]1(CC(=O)[C@@H]1C[C@@H](Oc2nc(-c3ccc(OC(C)C)cc3)nc3c2oc2ccccc23)CN1C(=O)[C@@H](Cc1nc(C(C)C)cs1)C(C)(C)C)C(=O)NS(=O)(=O)C1CC1. The normalized spacial score (nSPS) is 22.0. The minimum atomic E-state index is -3.87. The Balaban J connectivity index is 1.14. The van der Waals surface area contributed by atoms with E-state index in [1.54, 1.807) is 11.0 Å². The Kier molecular flexibility index (Phi) is 11.6. The van der Waals surface area contributed by atoms with Crippen molar-refractivity contribution in [1.82, 2.24) is 24.6 Å². The van der Waals surface area contributed by atoms with Gasteiger partial charge in [-0.1, -0.05) is 52.8 Å². The van der Waals surface area contributed by atoms with Gasteiger partial charge in [0.15, 0.2) is 11.6 Å². The van der Waals surface area contributed by atoms with E-state index in [0.717, 1.165) is 21.7 Å². The van der Waals surface area contributed by atoms with E-state index in [4.69, 9.17) is 28.8 Å². The number of aromatic nitrogens is 3. The van der Waals surface area contributed by atoms with Gasteiger partial charge in [-0.3, -0.25) is 19.1 Å². The molecule has 3 aromatic heterocycles. The van der Waals surface area contributed by atoms with Gasteiger partial charge in [0.25, 0.3) is 5.88 Å². The van der Waals surface area contributed by atoms with Crippen LogP contribution in [0.4, 0.5) is 0 Å². The maximum Gasteiger partial charge on any atom is 0.262 e. The van der Waals surface area contributed by atoms with Gasteiger partial charge in [0.2, 0.25) is 27.4 Å².